The summed E-state index contributed by atoms with van der Waals surface area (Å²) in [6, 6.07) is 6.31. The minimum Gasteiger partial charge on any atom is -0.379 e. The maximum Gasteiger partial charge on any atom is 0.137 e. The lowest BCUT2D eigenvalue weighted by Gasteiger charge is -2.40. The SMILES string of the molecule is CN(Cc1ccc2cc[nH]c2n1)C(C)(C)CN1CCOCC1. The van der Waals surface area contributed by atoms with Gasteiger partial charge in [-0.25, -0.2) is 4.98 Å². The summed E-state index contributed by atoms with van der Waals surface area (Å²) in [5, 5.41) is 1.17. The molecule has 2 aromatic heterocycles. The fourth-order valence-corrected chi connectivity index (χ4v) is 2.94. The molecular formula is C17H26N4O. The maximum atomic E-state index is 5.43. The molecule has 0 amide bonds. The first kappa shape index (κ1) is 15.5. The zero-order chi connectivity index (χ0) is 15.6. The molecule has 5 heteroatoms. The predicted molar refractivity (Wildman–Crippen MR) is 88.9 cm³/mol. The van der Waals surface area contributed by atoms with E-state index in [1.54, 1.807) is 0 Å². The van der Waals surface area contributed by atoms with Gasteiger partial charge in [-0.15, -0.1) is 0 Å². The highest BCUT2D eigenvalue weighted by atomic mass is 16.5. The summed E-state index contributed by atoms with van der Waals surface area (Å²) in [6.45, 7) is 10.3. The van der Waals surface area contributed by atoms with E-state index >= 15 is 0 Å². The second kappa shape index (κ2) is 6.36. The topological polar surface area (TPSA) is 44.4 Å². The molecule has 1 saturated heterocycles. The third kappa shape index (κ3) is 3.48. The zero-order valence-corrected chi connectivity index (χ0v) is 13.8. The van der Waals surface area contributed by atoms with Crippen LogP contribution < -0.4 is 0 Å². The summed E-state index contributed by atoms with van der Waals surface area (Å²) in [6.07, 6.45) is 1.94. The van der Waals surface area contributed by atoms with Gasteiger partial charge in [-0.2, -0.15) is 0 Å². The van der Waals surface area contributed by atoms with Gasteiger partial charge in [0.2, 0.25) is 0 Å². The first-order valence-electron chi connectivity index (χ1n) is 7.99. The molecule has 0 bridgehead atoms. The van der Waals surface area contributed by atoms with E-state index in [0.29, 0.717) is 0 Å². The van der Waals surface area contributed by atoms with Crippen molar-refractivity contribution in [1.82, 2.24) is 19.8 Å². The van der Waals surface area contributed by atoms with Crippen LogP contribution in [0.1, 0.15) is 19.5 Å². The Kier molecular flexibility index (Phi) is 4.47. The quantitative estimate of drug-likeness (QED) is 0.919. The lowest BCUT2D eigenvalue weighted by molar-refractivity contribution is 0.00795. The van der Waals surface area contributed by atoms with Crippen molar-refractivity contribution in [3.05, 3.63) is 30.1 Å². The predicted octanol–water partition coefficient (Wildman–Crippen LogP) is 2.11. The summed E-state index contributed by atoms with van der Waals surface area (Å²) < 4.78 is 5.43. The van der Waals surface area contributed by atoms with Crippen LogP contribution in [0.3, 0.4) is 0 Å². The molecule has 1 N–H and O–H groups in total. The molecule has 0 spiro atoms. The van der Waals surface area contributed by atoms with E-state index in [1.165, 1.54) is 5.39 Å². The Labute approximate surface area is 132 Å². The summed E-state index contributed by atoms with van der Waals surface area (Å²) in [5.41, 5.74) is 2.17. The van der Waals surface area contributed by atoms with Crippen molar-refractivity contribution in [3.8, 4) is 0 Å². The lowest BCUT2D eigenvalue weighted by Crippen LogP contribution is -2.52. The average molecular weight is 302 g/mol. The minimum atomic E-state index is 0.101. The zero-order valence-electron chi connectivity index (χ0n) is 13.8. The number of likely N-dealkylation sites (N-methyl/N-ethyl adjacent to an activating group) is 1. The molecule has 0 unspecified atom stereocenters. The van der Waals surface area contributed by atoms with E-state index in [1.807, 2.05) is 6.20 Å². The molecule has 0 atom stereocenters. The Balaban J connectivity index is 1.64. The molecule has 1 aliphatic heterocycles. The van der Waals surface area contributed by atoms with Crippen LogP contribution in [0.5, 0.6) is 0 Å². The average Bonchev–Trinajstić information content (AvgIpc) is 2.95. The Morgan fingerprint density at radius 3 is 2.82 bits per heavy atom. The highest BCUT2D eigenvalue weighted by Gasteiger charge is 2.27. The van der Waals surface area contributed by atoms with Crippen LogP contribution >= 0.6 is 0 Å². The number of aromatic nitrogens is 2. The van der Waals surface area contributed by atoms with Crippen molar-refractivity contribution in [2.45, 2.75) is 25.9 Å². The minimum absolute atomic E-state index is 0.101. The number of hydrogen-bond acceptors (Lipinski definition) is 4. The monoisotopic (exact) mass is 302 g/mol. The first-order valence-corrected chi connectivity index (χ1v) is 7.99. The number of nitrogens with zero attached hydrogens (tertiary/aromatic N) is 3. The fourth-order valence-electron chi connectivity index (χ4n) is 2.94. The van der Waals surface area contributed by atoms with E-state index < -0.39 is 0 Å². The van der Waals surface area contributed by atoms with Gasteiger partial charge in [-0.3, -0.25) is 9.80 Å². The van der Waals surface area contributed by atoms with Gasteiger partial charge in [0.1, 0.15) is 5.65 Å². The van der Waals surface area contributed by atoms with Crippen molar-refractivity contribution in [3.63, 3.8) is 0 Å². The summed E-state index contributed by atoms with van der Waals surface area (Å²) >= 11 is 0. The third-order valence-corrected chi connectivity index (χ3v) is 4.61. The van der Waals surface area contributed by atoms with Crippen molar-refractivity contribution in [1.29, 1.82) is 0 Å². The van der Waals surface area contributed by atoms with E-state index in [2.05, 4.69) is 53.9 Å². The largest absolute Gasteiger partial charge is 0.379 e. The smallest absolute Gasteiger partial charge is 0.137 e. The van der Waals surface area contributed by atoms with Crippen LogP contribution in [0.2, 0.25) is 0 Å². The number of fused-ring (bicyclic) bond motifs is 1. The molecule has 0 radical (unpaired) electrons. The highest BCUT2D eigenvalue weighted by Crippen LogP contribution is 2.19. The summed E-state index contributed by atoms with van der Waals surface area (Å²) in [5.74, 6) is 0. The van der Waals surface area contributed by atoms with E-state index in [0.717, 1.165) is 50.7 Å². The molecule has 1 aliphatic rings. The molecule has 0 aliphatic carbocycles. The molecule has 0 aromatic carbocycles. The number of nitrogens with one attached hydrogen (secondary N) is 1. The second-order valence-corrected chi connectivity index (χ2v) is 6.78. The molecule has 3 rings (SSSR count). The summed E-state index contributed by atoms with van der Waals surface area (Å²) in [4.78, 5) is 12.8. The summed E-state index contributed by atoms with van der Waals surface area (Å²) in [7, 11) is 2.18. The van der Waals surface area contributed by atoms with Crippen molar-refractivity contribution < 1.29 is 4.74 Å². The van der Waals surface area contributed by atoms with Crippen LogP contribution in [0, 0.1) is 0 Å². The first-order chi connectivity index (χ1) is 10.5. The van der Waals surface area contributed by atoms with Crippen molar-refractivity contribution in [2.75, 3.05) is 39.9 Å². The van der Waals surface area contributed by atoms with Crippen LogP contribution in [-0.2, 0) is 11.3 Å². The molecular weight excluding hydrogens is 276 g/mol. The van der Waals surface area contributed by atoms with Gasteiger partial charge in [0, 0.05) is 43.3 Å². The molecule has 0 saturated carbocycles. The lowest BCUT2D eigenvalue weighted by atomic mass is 10.0. The van der Waals surface area contributed by atoms with Gasteiger partial charge < -0.3 is 9.72 Å². The van der Waals surface area contributed by atoms with Crippen LogP contribution in [-0.4, -0.2) is 65.2 Å². The van der Waals surface area contributed by atoms with E-state index in [4.69, 9.17) is 9.72 Å². The van der Waals surface area contributed by atoms with Gasteiger partial charge in [-0.1, -0.05) is 0 Å². The Hall–Kier alpha value is -1.43. The number of rotatable bonds is 5. The number of morpholine rings is 1. The van der Waals surface area contributed by atoms with Crippen molar-refractivity contribution in [2.24, 2.45) is 0 Å². The number of hydrogen-bond donors (Lipinski definition) is 1. The highest BCUT2D eigenvalue weighted by molar-refractivity contribution is 5.75. The van der Waals surface area contributed by atoms with E-state index in [9.17, 15) is 0 Å². The van der Waals surface area contributed by atoms with Gasteiger partial charge >= 0.3 is 0 Å². The van der Waals surface area contributed by atoms with Gasteiger partial charge in [0.05, 0.1) is 18.9 Å². The van der Waals surface area contributed by atoms with Crippen LogP contribution in [0.4, 0.5) is 0 Å². The molecule has 22 heavy (non-hydrogen) atoms. The standard InChI is InChI=1S/C17H26N4O/c1-17(2,13-21-8-10-22-11-9-21)20(3)12-15-5-4-14-6-7-18-16(14)19-15/h4-7H,8-13H2,1-3H3,(H,18,19). The Morgan fingerprint density at radius 2 is 2.05 bits per heavy atom. The molecule has 3 heterocycles. The Bertz CT molecular complexity index is 616. The Morgan fingerprint density at radius 1 is 1.27 bits per heavy atom. The fraction of sp³-hybridized carbons (Fsp3) is 0.588. The number of ether oxygens (including phenoxy) is 1. The van der Waals surface area contributed by atoms with Crippen molar-refractivity contribution >= 4 is 11.0 Å². The van der Waals surface area contributed by atoms with Crippen LogP contribution in [0.25, 0.3) is 11.0 Å². The normalized spacial score (nSPS) is 17.5. The third-order valence-electron chi connectivity index (χ3n) is 4.61. The number of pyridine rings is 1. The second-order valence-electron chi connectivity index (χ2n) is 6.78. The molecule has 1 fully saturated rings. The van der Waals surface area contributed by atoms with Gasteiger partial charge in [-0.05, 0) is 39.1 Å². The molecule has 2 aromatic rings. The maximum absolute atomic E-state index is 5.43. The number of H-pyrrole nitrogens is 1. The number of aromatic amines is 1. The van der Waals surface area contributed by atoms with Crippen LogP contribution in [0.15, 0.2) is 24.4 Å². The molecule has 5 nitrogen and oxygen atoms in total. The molecule has 120 valence electrons. The van der Waals surface area contributed by atoms with E-state index in [-0.39, 0.29) is 5.54 Å². The van der Waals surface area contributed by atoms with Gasteiger partial charge in [0.25, 0.3) is 0 Å². The van der Waals surface area contributed by atoms with Gasteiger partial charge in [0.15, 0.2) is 0 Å².